The number of rotatable bonds is 2. The molecule has 0 unspecified atom stereocenters. The molecule has 0 fully saturated rings. The molecule has 0 spiro atoms. The summed E-state index contributed by atoms with van der Waals surface area (Å²) in [5.41, 5.74) is 1.59. The van der Waals surface area contributed by atoms with Gasteiger partial charge in [-0.1, -0.05) is 6.08 Å². The van der Waals surface area contributed by atoms with Crippen molar-refractivity contribution in [2.24, 2.45) is 0 Å². The van der Waals surface area contributed by atoms with Crippen molar-refractivity contribution in [2.75, 3.05) is 11.9 Å². The Morgan fingerprint density at radius 2 is 2.00 bits per heavy atom. The SMILES string of the molecule is CN(C(=O)C1=CCCC1)c1ccc(F)cc1. The highest BCUT2D eigenvalue weighted by atomic mass is 19.1. The van der Waals surface area contributed by atoms with Crippen LogP contribution in [0, 0.1) is 5.82 Å². The first-order valence-electron chi connectivity index (χ1n) is 5.41. The van der Waals surface area contributed by atoms with Crippen LogP contribution in [0.4, 0.5) is 10.1 Å². The zero-order valence-corrected chi connectivity index (χ0v) is 9.24. The van der Waals surface area contributed by atoms with E-state index in [4.69, 9.17) is 0 Å². The van der Waals surface area contributed by atoms with E-state index in [-0.39, 0.29) is 11.7 Å². The number of nitrogens with zero attached hydrogens (tertiary/aromatic N) is 1. The molecular formula is C13H14FNO. The Morgan fingerprint density at radius 3 is 2.56 bits per heavy atom. The van der Waals surface area contributed by atoms with E-state index >= 15 is 0 Å². The zero-order chi connectivity index (χ0) is 11.5. The van der Waals surface area contributed by atoms with E-state index in [9.17, 15) is 9.18 Å². The Balaban J connectivity index is 2.15. The number of amides is 1. The number of likely N-dealkylation sites (N-methyl/N-ethyl adjacent to an activating group) is 1. The Hall–Kier alpha value is -1.64. The van der Waals surface area contributed by atoms with E-state index in [0.29, 0.717) is 0 Å². The summed E-state index contributed by atoms with van der Waals surface area (Å²) in [6, 6.07) is 5.95. The molecule has 16 heavy (non-hydrogen) atoms. The lowest BCUT2D eigenvalue weighted by molar-refractivity contribution is -0.114. The van der Waals surface area contributed by atoms with Crippen molar-refractivity contribution < 1.29 is 9.18 Å². The van der Waals surface area contributed by atoms with Crippen LogP contribution in [0.1, 0.15) is 19.3 Å². The van der Waals surface area contributed by atoms with Crippen molar-refractivity contribution in [2.45, 2.75) is 19.3 Å². The number of halogens is 1. The fourth-order valence-electron chi connectivity index (χ4n) is 1.86. The Kier molecular flexibility index (Phi) is 3.04. The highest BCUT2D eigenvalue weighted by Gasteiger charge is 2.18. The lowest BCUT2D eigenvalue weighted by Crippen LogP contribution is -2.27. The molecule has 0 N–H and O–H groups in total. The van der Waals surface area contributed by atoms with Gasteiger partial charge < -0.3 is 4.90 Å². The van der Waals surface area contributed by atoms with Crippen LogP contribution in [0.2, 0.25) is 0 Å². The van der Waals surface area contributed by atoms with Crippen LogP contribution in [-0.2, 0) is 4.79 Å². The Labute approximate surface area is 94.4 Å². The topological polar surface area (TPSA) is 20.3 Å². The second-order valence-corrected chi connectivity index (χ2v) is 3.96. The Morgan fingerprint density at radius 1 is 1.31 bits per heavy atom. The van der Waals surface area contributed by atoms with Crippen molar-refractivity contribution in [3.05, 3.63) is 41.7 Å². The average Bonchev–Trinajstić information content (AvgIpc) is 2.81. The first kappa shape index (κ1) is 10.9. The predicted octanol–water partition coefficient (Wildman–Crippen LogP) is 2.90. The molecule has 2 rings (SSSR count). The van der Waals surface area contributed by atoms with Crippen molar-refractivity contribution in [3.8, 4) is 0 Å². The van der Waals surface area contributed by atoms with E-state index in [1.54, 1.807) is 24.1 Å². The molecule has 1 amide bonds. The van der Waals surface area contributed by atoms with Gasteiger partial charge in [-0.25, -0.2) is 4.39 Å². The van der Waals surface area contributed by atoms with Crippen LogP contribution in [0.25, 0.3) is 0 Å². The van der Waals surface area contributed by atoms with Crippen LogP contribution in [0.5, 0.6) is 0 Å². The summed E-state index contributed by atoms with van der Waals surface area (Å²) in [6.45, 7) is 0. The van der Waals surface area contributed by atoms with Crippen molar-refractivity contribution in [1.82, 2.24) is 0 Å². The number of carbonyl (C=O) groups excluding carboxylic acids is 1. The minimum atomic E-state index is -0.287. The number of benzene rings is 1. The number of anilines is 1. The van der Waals surface area contributed by atoms with Gasteiger partial charge in [0, 0.05) is 18.3 Å². The highest BCUT2D eigenvalue weighted by Crippen LogP contribution is 2.22. The summed E-state index contributed by atoms with van der Waals surface area (Å²) in [5.74, 6) is -0.270. The molecular weight excluding hydrogens is 205 g/mol. The van der Waals surface area contributed by atoms with E-state index < -0.39 is 0 Å². The minimum absolute atomic E-state index is 0.0177. The Bertz CT molecular complexity index is 422. The molecule has 0 aliphatic heterocycles. The van der Waals surface area contributed by atoms with Gasteiger partial charge in [0.15, 0.2) is 0 Å². The average molecular weight is 219 g/mol. The molecule has 0 radical (unpaired) electrons. The van der Waals surface area contributed by atoms with Crippen LogP contribution >= 0.6 is 0 Å². The molecule has 3 heteroatoms. The van der Waals surface area contributed by atoms with Crippen LogP contribution in [0.15, 0.2) is 35.9 Å². The third kappa shape index (κ3) is 2.13. The lowest BCUT2D eigenvalue weighted by atomic mass is 10.2. The molecule has 0 aromatic heterocycles. The standard InChI is InChI=1S/C13H14FNO/c1-15(12-8-6-11(14)7-9-12)13(16)10-4-2-3-5-10/h4,6-9H,2-3,5H2,1H3. The highest BCUT2D eigenvalue weighted by molar-refractivity contribution is 6.05. The van der Waals surface area contributed by atoms with Gasteiger partial charge in [0.2, 0.25) is 0 Å². The molecule has 0 saturated heterocycles. The van der Waals surface area contributed by atoms with Gasteiger partial charge in [-0.15, -0.1) is 0 Å². The van der Waals surface area contributed by atoms with Gasteiger partial charge in [-0.3, -0.25) is 4.79 Å². The first-order chi connectivity index (χ1) is 7.68. The zero-order valence-electron chi connectivity index (χ0n) is 9.24. The number of hydrogen-bond donors (Lipinski definition) is 0. The third-order valence-corrected chi connectivity index (χ3v) is 2.83. The van der Waals surface area contributed by atoms with E-state index in [1.165, 1.54) is 12.1 Å². The van der Waals surface area contributed by atoms with Crippen molar-refractivity contribution >= 4 is 11.6 Å². The number of hydrogen-bond acceptors (Lipinski definition) is 1. The summed E-state index contributed by atoms with van der Waals surface area (Å²) in [7, 11) is 1.72. The number of allylic oxidation sites excluding steroid dienone is 1. The smallest absolute Gasteiger partial charge is 0.253 e. The van der Waals surface area contributed by atoms with Gasteiger partial charge in [-0.2, -0.15) is 0 Å². The number of carbonyl (C=O) groups is 1. The molecule has 2 nitrogen and oxygen atoms in total. The van der Waals surface area contributed by atoms with E-state index in [1.807, 2.05) is 6.08 Å². The molecule has 1 aromatic carbocycles. The van der Waals surface area contributed by atoms with Crippen molar-refractivity contribution in [1.29, 1.82) is 0 Å². The fourth-order valence-corrected chi connectivity index (χ4v) is 1.86. The van der Waals surface area contributed by atoms with Gasteiger partial charge in [-0.05, 0) is 43.5 Å². The van der Waals surface area contributed by atoms with Crippen LogP contribution in [0.3, 0.4) is 0 Å². The maximum Gasteiger partial charge on any atom is 0.253 e. The molecule has 0 heterocycles. The van der Waals surface area contributed by atoms with Gasteiger partial charge >= 0.3 is 0 Å². The molecule has 84 valence electrons. The summed E-state index contributed by atoms with van der Waals surface area (Å²) >= 11 is 0. The normalized spacial score (nSPS) is 14.8. The summed E-state index contributed by atoms with van der Waals surface area (Å²) < 4.78 is 12.7. The largest absolute Gasteiger partial charge is 0.312 e. The summed E-state index contributed by atoms with van der Waals surface area (Å²) in [5, 5.41) is 0. The second-order valence-electron chi connectivity index (χ2n) is 3.96. The monoisotopic (exact) mass is 219 g/mol. The van der Waals surface area contributed by atoms with Crippen LogP contribution < -0.4 is 4.90 Å². The van der Waals surface area contributed by atoms with Crippen LogP contribution in [-0.4, -0.2) is 13.0 Å². The minimum Gasteiger partial charge on any atom is -0.312 e. The van der Waals surface area contributed by atoms with Gasteiger partial charge in [0.1, 0.15) is 5.82 Å². The first-order valence-corrected chi connectivity index (χ1v) is 5.41. The second kappa shape index (κ2) is 4.47. The predicted molar refractivity (Wildman–Crippen MR) is 61.7 cm³/mol. The molecule has 0 saturated carbocycles. The summed E-state index contributed by atoms with van der Waals surface area (Å²) in [6.07, 6.45) is 4.88. The van der Waals surface area contributed by atoms with Crippen molar-refractivity contribution in [3.63, 3.8) is 0 Å². The van der Waals surface area contributed by atoms with Gasteiger partial charge in [0.25, 0.3) is 5.91 Å². The lowest BCUT2D eigenvalue weighted by Gasteiger charge is -2.17. The molecule has 0 bridgehead atoms. The maximum atomic E-state index is 12.7. The molecule has 1 aromatic rings. The van der Waals surface area contributed by atoms with Gasteiger partial charge in [0.05, 0.1) is 0 Å². The third-order valence-electron chi connectivity index (χ3n) is 2.83. The fraction of sp³-hybridized carbons (Fsp3) is 0.308. The van der Waals surface area contributed by atoms with E-state index in [2.05, 4.69) is 0 Å². The molecule has 1 aliphatic carbocycles. The van der Waals surface area contributed by atoms with E-state index in [0.717, 1.165) is 30.5 Å². The maximum absolute atomic E-state index is 12.7. The molecule has 0 atom stereocenters. The summed E-state index contributed by atoms with van der Waals surface area (Å²) in [4.78, 5) is 13.6. The quantitative estimate of drug-likeness (QED) is 0.749. The molecule has 1 aliphatic rings.